The van der Waals surface area contributed by atoms with E-state index in [4.69, 9.17) is 5.26 Å². The molecule has 19 heavy (non-hydrogen) atoms. The van der Waals surface area contributed by atoms with Crippen LogP contribution in [-0.2, 0) is 11.2 Å². The van der Waals surface area contributed by atoms with Crippen molar-refractivity contribution in [1.29, 1.82) is 10.5 Å². The van der Waals surface area contributed by atoms with Crippen LogP contribution in [0.4, 0.5) is 5.69 Å². The number of carbonyl (C=O) groups is 1. The van der Waals surface area contributed by atoms with Crippen LogP contribution in [0.3, 0.4) is 0 Å². The van der Waals surface area contributed by atoms with Gasteiger partial charge < -0.3 is 5.32 Å². The first-order valence-electron chi connectivity index (χ1n) is 6.39. The predicted molar refractivity (Wildman–Crippen MR) is 70.9 cm³/mol. The Morgan fingerprint density at radius 2 is 1.84 bits per heavy atom. The maximum Gasteiger partial charge on any atom is 0.244 e. The van der Waals surface area contributed by atoms with E-state index in [-0.39, 0.29) is 5.91 Å². The van der Waals surface area contributed by atoms with Crippen molar-refractivity contribution in [2.75, 3.05) is 5.32 Å². The first-order valence-corrected chi connectivity index (χ1v) is 6.39. The van der Waals surface area contributed by atoms with Gasteiger partial charge in [-0.25, -0.2) is 0 Å². The van der Waals surface area contributed by atoms with E-state index in [1.807, 2.05) is 12.1 Å². The van der Waals surface area contributed by atoms with Crippen LogP contribution < -0.4 is 5.32 Å². The van der Waals surface area contributed by atoms with E-state index < -0.39 is 5.41 Å². The Kier molecular flexibility index (Phi) is 3.82. The van der Waals surface area contributed by atoms with Crippen molar-refractivity contribution in [1.82, 2.24) is 0 Å². The van der Waals surface area contributed by atoms with Crippen LogP contribution in [0, 0.1) is 28.1 Å². The molecular formula is C15H15N3O. The van der Waals surface area contributed by atoms with Gasteiger partial charge in [-0.2, -0.15) is 10.5 Å². The molecule has 1 aliphatic carbocycles. The normalized spacial score (nSPS) is 16.3. The number of rotatable bonds is 3. The smallest absolute Gasteiger partial charge is 0.244 e. The van der Waals surface area contributed by atoms with E-state index >= 15 is 0 Å². The molecular weight excluding hydrogens is 238 g/mol. The zero-order chi connectivity index (χ0) is 13.7. The molecule has 0 aliphatic heterocycles. The number of amides is 1. The number of nitrogens with zero attached hydrogens (tertiary/aromatic N) is 2. The van der Waals surface area contributed by atoms with Crippen molar-refractivity contribution < 1.29 is 4.79 Å². The number of nitrogens with one attached hydrogen (secondary N) is 1. The molecule has 4 nitrogen and oxygen atoms in total. The van der Waals surface area contributed by atoms with E-state index in [2.05, 4.69) is 17.5 Å². The second kappa shape index (κ2) is 5.54. The molecule has 4 heteroatoms. The fourth-order valence-electron chi connectivity index (χ4n) is 2.42. The summed E-state index contributed by atoms with van der Waals surface area (Å²) >= 11 is 0. The monoisotopic (exact) mass is 253 g/mol. The minimum absolute atomic E-state index is 0.208. The molecule has 1 saturated carbocycles. The molecule has 1 N–H and O–H groups in total. The number of benzene rings is 1. The largest absolute Gasteiger partial charge is 0.325 e. The number of hydrogen-bond donors (Lipinski definition) is 1. The SMILES string of the molecule is N#CCc1ccc(NC(=O)C2(C#N)CCCC2)cc1. The van der Waals surface area contributed by atoms with Crippen LogP contribution >= 0.6 is 0 Å². The molecule has 0 spiro atoms. The third kappa shape index (κ3) is 2.74. The Bertz CT molecular complexity index is 542. The third-order valence-corrected chi connectivity index (χ3v) is 3.60. The van der Waals surface area contributed by atoms with Crippen molar-refractivity contribution >= 4 is 11.6 Å². The van der Waals surface area contributed by atoms with Gasteiger partial charge in [0.2, 0.25) is 5.91 Å². The topological polar surface area (TPSA) is 76.7 Å². The minimum atomic E-state index is -0.856. The van der Waals surface area contributed by atoms with Crippen molar-refractivity contribution in [2.24, 2.45) is 5.41 Å². The first-order chi connectivity index (χ1) is 9.20. The van der Waals surface area contributed by atoms with E-state index in [9.17, 15) is 10.1 Å². The fourth-order valence-corrected chi connectivity index (χ4v) is 2.42. The van der Waals surface area contributed by atoms with Crippen LogP contribution in [0.15, 0.2) is 24.3 Å². The summed E-state index contributed by atoms with van der Waals surface area (Å²) in [6.07, 6.45) is 3.50. The molecule has 0 unspecified atom stereocenters. The third-order valence-electron chi connectivity index (χ3n) is 3.60. The van der Waals surface area contributed by atoms with Gasteiger partial charge in [0.15, 0.2) is 0 Å². The second-order valence-corrected chi connectivity index (χ2v) is 4.89. The highest BCUT2D eigenvalue weighted by molar-refractivity contribution is 5.97. The van der Waals surface area contributed by atoms with Gasteiger partial charge in [-0.05, 0) is 30.5 Å². The molecule has 0 aromatic heterocycles. The van der Waals surface area contributed by atoms with E-state index in [1.54, 1.807) is 12.1 Å². The summed E-state index contributed by atoms with van der Waals surface area (Å²) in [5.74, 6) is -0.208. The standard InChI is InChI=1S/C15H15N3O/c16-10-7-12-3-5-13(6-4-12)18-14(19)15(11-17)8-1-2-9-15/h3-6H,1-2,7-9H2,(H,18,19). The summed E-state index contributed by atoms with van der Waals surface area (Å²) < 4.78 is 0. The Morgan fingerprint density at radius 3 is 2.37 bits per heavy atom. The van der Waals surface area contributed by atoms with Gasteiger partial charge in [0.05, 0.1) is 18.6 Å². The summed E-state index contributed by atoms with van der Waals surface area (Å²) in [4.78, 5) is 12.2. The quantitative estimate of drug-likeness (QED) is 0.899. The lowest BCUT2D eigenvalue weighted by molar-refractivity contribution is -0.122. The van der Waals surface area contributed by atoms with E-state index in [0.29, 0.717) is 24.9 Å². The van der Waals surface area contributed by atoms with Crippen LogP contribution in [0.25, 0.3) is 0 Å². The minimum Gasteiger partial charge on any atom is -0.325 e. The molecule has 0 heterocycles. The maximum absolute atomic E-state index is 12.2. The highest BCUT2D eigenvalue weighted by Crippen LogP contribution is 2.38. The summed E-state index contributed by atoms with van der Waals surface area (Å²) in [5.41, 5.74) is 0.732. The van der Waals surface area contributed by atoms with Gasteiger partial charge in [0.1, 0.15) is 5.41 Å². The fraction of sp³-hybridized carbons (Fsp3) is 0.400. The summed E-state index contributed by atoms with van der Waals surface area (Å²) in [6, 6.07) is 11.4. The van der Waals surface area contributed by atoms with Gasteiger partial charge in [0.25, 0.3) is 0 Å². The van der Waals surface area contributed by atoms with Crippen LogP contribution in [0.1, 0.15) is 31.2 Å². The van der Waals surface area contributed by atoms with Crippen molar-refractivity contribution in [3.8, 4) is 12.1 Å². The Morgan fingerprint density at radius 1 is 1.21 bits per heavy atom. The highest BCUT2D eigenvalue weighted by Gasteiger charge is 2.41. The predicted octanol–water partition coefficient (Wildman–Crippen LogP) is 2.78. The summed E-state index contributed by atoms with van der Waals surface area (Å²) in [7, 11) is 0. The number of nitriles is 2. The van der Waals surface area contributed by atoms with Crippen LogP contribution in [-0.4, -0.2) is 5.91 Å². The van der Waals surface area contributed by atoms with E-state index in [1.165, 1.54) is 0 Å². The molecule has 0 radical (unpaired) electrons. The summed E-state index contributed by atoms with van der Waals surface area (Å²) in [5, 5.41) is 20.6. The van der Waals surface area contributed by atoms with Crippen molar-refractivity contribution in [3.05, 3.63) is 29.8 Å². The molecule has 2 rings (SSSR count). The Balaban J connectivity index is 2.07. The maximum atomic E-state index is 12.2. The highest BCUT2D eigenvalue weighted by atomic mass is 16.2. The zero-order valence-corrected chi connectivity index (χ0v) is 10.6. The first kappa shape index (κ1) is 13.1. The van der Waals surface area contributed by atoms with Crippen LogP contribution in [0.2, 0.25) is 0 Å². The summed E-state index contributed by atoms with van der Waals surface area (Å²) in [6.45, 7) is 0. The van der Waals surface area contributed by atoms with Gasteiger partial charge in [-0.15, -0.1) is 0 Å². The Hall–Kier alpha value is -2.33. The second-order valence-electron chi connectivity index (χ2n) is 4.89. The van der Waals surface area contributed by atoms with Crippen LogP contribution in [0.5, 0.6) is 0 Å². The lowest BCUT2D eigenvalue weighted by Crippen LogP contribution is -2.32. The van der Waals surface area contributed by atoms with E-state index in [0.717, 1.165) is 18.4 Å². The number of carbonyl (C=O) groups excluding carboxylic acids is 1. The number of anilines is 1. The average molecular weight is 253 g/mol. The van der Waals surface area contributed by atoms with Gasteiger partial charge in [0, 0.05) is 5.69 Å². The molecule has 0 atom stereocenters. The molecule has 1 aromatic carbocycles. The lowest BCUT2D eigenvalue weighted by Gasteiger charge is -2.19. The molecule has 0 saturated heterocycles. The molecule has 1 aliphatic rings. The molecule has 1 fully saturated rings. The molecule has 1 amide bonds. The van der Waals surface area contributed by atoms with Crippen molar-refractivity contribution in [2.45, 2.75) is 32.1 Å². The molecule has 1 aromatic rings. The van der Waals surface area contributed by atoms with Crippen molar-refractivity contribution in [3.63, 3.8) is 0 Å². The average Bonchev–Trinajstić information content (AvgIpc) is 2.91. The molecule has 96 valence electrons. The molecule has 0 bridgehead atoms. The lowest BCUT2D eigenvalue weighted by atomic mass is 9.87. The van der Waals surface area contributed by atoms with Gasteiger partial charge >= 0.3 is 0 Å². The Labute approximate surface area is 112 Å². The number of hydrogen-bond acceptors (Lipinski definition) is 3. The van der Waals surface area contributed by atoms with Gasteiger partial charge in [-0.1, -0.05) is 25.0 Å². The zero-order valence-electron chi connectivity index (χ0n) is 10.6. The van der Waals surface area contributed by atoms with Gasteiger partial charge in [-0.3, -0.25) is 4.79 Å².